The SMILES string of the molecule is CN=C(NCc1ccc(N2CC=CC2)cc1)NCc1cccc(C(F)(F)F)c1.I. The first kappa shape index (κ1) is 23.1. The molecule has 0 saturated heterocycles. The number of nitrogens with one attached hydrogen (secondary N) is 2. The van der Waals surface area contributed by atoms with Crippen molar-refractivity contribution < 1.29 is 13.2 Å². The van der Waals surface area contributed by atoms with Crippen molar-refractivity contribution in [3.8, 4) is 0 Å². The van der Waals surface area contributed by atoms with Crippen LogP contribution in [0.15, 0.2) is 65.7 Å². The molecule has 156 valence electrons. The van der Waals surface area contributed by atoms with Gasteiger partial charge in [0.15, 0.2) is 5.96 Å². The summed E-state index contributed by atoms with van der Waals surface area (Å²) in [5, 5.41) is 6.23. The van der Waals surface area contributed by atoms with Crippen molar-refractivity contribution in [2.75, 3.05) is 25.0 Å². The third-order valence-electron chi connectivity index (χ3n) is 4.52. The molecule has 0 saturated carbocycles. The van der Waals surface area contributed by atoms with Crippen LogP contribution < -0.4 is 15.5 Å². The van der Waals surface area contributed by atoms with Gasteiger partial charge in [0.2, 0.25) is 0 Å². The first-order chi connectivity index (χ1) is 13.5. The van der Waals surface area contributed by atoms with E-state index in [1.165, 1.54) is 11.8 Å². The summed E-state index contributed by atoms with van der Waals surface area (Å²) in [4.78, 5) is 6.40. The lowest BCUT2D eigenvalue weighted by Gasteiger charge is -2.18. The number of hydrogen-bond donors (Lipinski definition) is 2. The van der Waals surface area contributed by atoms with E-state index in [4.69, 9.17) is 0 Å². The lowest BCUT2D eigenvalue weighted by Crippen LogP contribution is -2.36. The monoisotopic (exact) mass is 516 g/mol. The Bertz CT molecular complexity index is 840. The van der Waals surface area contributed by atoms with E-state index >= 15 is 0 Å². The van der Waals surface area contributed by atoms with Gasteiger partial charge in [-0.3, -0.25) is 4.99 Å². The summed E-state index contributed by atoms with van der Waals surface area (Å²) >= 11 is 0. The molecule has 3 rings (SSSR count). The third-order valence-corrected chi connectivity index (χ3v) is 4.52. The number of anilines is 1. The quantitative estimate of drug-likeness (QED) is 0.265. The standard InChI is InChI=1S/C21H23F3N4.HI/c1-25-20(27-15-17-5-4-6-18(13-17)21(22,23)24)26-14-16-7-9-19(10-8-16)28-11-2-3-12-28;/h2-10,13H,11-12,14-15H2,1H3,(H2,25,26,27);1H. The van der Waals surface area contributed by atoms with Crippen molar-refractivity contribution in [3.05, 3.63) is 77.4 Å². The van der Waals surface area contributed by atoms with E-state index in [1.54, 1.807) is 13.1 Å². The summed E-state index contributed by atoms with van der Waals surface area (Å²) in [5.41, 5.74) is 2.17. The molecule has 0 fully saturated rings. The van der Waals surface area contributed by atoms with Crippen LogP contribution in [-0.4, -0.2) is 26.1 Å². The molecule has 1 heterocycles. The van der Waals surface area contributed by atoms with E-state index in [-0.39, 0.29) is 30.5 Å². The minimum atomic E-state index is -4.34. The number of benzene rings is 2. The predicted octanol–water partition coefficient (Wildman–Crippen LogP) is 4.56. The van der Waals surface area contributed by atoms with E-state index in [0.29, 0.717) is 18.1 Å². The fraction of sp³-hybridized carbons (Fsp3) is 0.286. The van der Waals surface area contributed by atoms with Gasteiger partial charge in [0.25, 0.3) is 0 Å². The molecule has 0 aliphatic carbocycles. The van der Waals surface area contributed by atoms with Crippen molar-refractivity contribution in [1.29, 1.82) is 0 Å². The van der Waals surface area contributed by atoms with Gasteiger partial charge in [0.05, 0.1) is 5.56 Å². The van der Waals surface area contributed by atoms with Crippen LogP contribution in [0, 0.1) is 0 Å². The van der Waals surface area contributed by atoms with Crippen molar-refractivity contribution in [3.63, 3.8) is 0 Å². The number of aliphatic imine (C=N–C) groups is 1. The zero-order valence-corrected chi connectivity index (χ0v) is 18.4. The van der Waals surface area contributed by atoms with Gasteiger partial charge < -0.3 is 15.5 Å². The Morgan fingerprint density at radius 2 is 1.59 bits per heavy atom. The van der Waals surface area contributed by atoms with Crippen LogP contribution in [0.1, 0.15) is 16.7 Å². The second-order valence-electron chi connectivity index (χ2n) is 6.52. The molecule has 0 aromatic heterocycles. The third kappa shape index (κ3) is 6.66. The number of guanidine groups is 1. The Labute approximate surface area is 185 Å². The summed E-state index contributed by atoms with van der Waals surface area (Å²) in [6, 6.07) is 13.6. The molecule has 0 atom stereocenters. The molecule has 2 aromatic rings. The highest BCUT2D eigenvalue weighted by atomic mass is 127. The van der Waals surface area contributed by atoms with Crippen LogP contribution in [0.2, 0.25) is 0 Å². The van der Waals surface area contributed by atoms with Gasteiger partial charge in [-0.1, -0.05) is 36.4 Å². The minimum Gasteiger partial charge on any atom is -0.364 e. The van der Waals surface area contributed by atoms with Crippen LogP contribution in [0.3, 0.4) is 0 Å². The molecule has 4 nitrogen and oxygen atoms in total. The van der Waals surface area contributed by atoms with Crippen molar-refractivity contribution in [2.24, 2.45) is 4.99 Å². The van der Waals surface area contributed by atoms with E-state index < -0.39 is 11.7 Å². The molecule has 0 bridgehead atoms. The zero-order chi connectivity index (χ0) is 20.0. The Morgan fingerprint density at radius 1 is 0.966 bits per heavy atom. The summed E-state index contributed by atoms with van der Waals surface area (Å²) < 4.78 is 38.4. The Morgan fingerprint density at radius 3 is 2.17 bits per heavy atom. The maximum Gasteiger partial charge on any atom is 0.416 e. The molecular weight excluding hydrogens is 492 g/mol. The molecule has 0 radical (unpaired) electrons. The van der Waals surface area contributed by atoms with E-state index in [9.17, 15) is 13.2 Å². The molecule has 8 heteroatoms. The lowest BCUT2D eigenvalue weighted by molar-refractivity contribution is -0.137. The molecule has 1 aliphatic heterocycles. The summed E-state index contributed by atoms with van der Waals surface area (Å²) in [5.74, 6) is 0.533. The molecule has 29 heavy (non-hydrogen) atoms. The van der Waals surface area contributed by atoms with Crippen molar-refractivity contribution in [1.82, 2.24) is 10.6 Å². The summed E-state index contributed by atoms with van der Waals surface area (Å²) in [6.07, 6.45) is -0.0434. The number of alkyl halides is 3. The van der Waals surface area contributed by atoms with Gasteiger partial charge in [0, 0.05) is 38.9 Å². The number of rotatable bonds is 5. The number of hydrogen-bond acceptors (Lipinski definition) is 2. The fourth-order valence-corrected chi connectivity index (χ4v) is 2.96. The lowest BCUT2D eigenvalue weighted by atomic mass is 10.1. The van der Waals surface area contributed by atoms with E-state index in [1.807, 2.05) is 0 Å². The number of nitrogens with zero attached hydrogens (tertiary/aromatic N) is 2. The molecule has 1 aliphatic rings. The highest BCUT2D eigenvalue weighted by molar-refractivity contribution is 14.0. The van der Waals surface area contributed by atoms with Crippen molar-refractivity contribution >= 4 is 35.6 Å². The first-order valence-electron chi connectivity index (χ1n) is 9.05. The smallest absolute Gasteiger partial charge is 0.364 e. The Kier molecular flexibility index (Phi) is 8.36. The zero-order valence-electron chi connectivity index (χ0n) is 16.0. The van der Waals surface area contributed by atoms with E-state index in [0.717, 1.165) is 30.8 Å². The average molecular weight is 516 g/mol. The van der Waals surface area contributed by atoms with Gasteiger partial charge in [-0.25, -0.2) is 0 Å². The molecular formula is C21H24F3IN4. The maximum absolute atomic E-state index is 12.8. The largest absolute Gasteiger partial charge is 0.416 e. The molecule has 2 aromatic carbocycles. The highest BCUT2D eigenvalue weighted by Crippen LogP contribution is 2.29. The Balaban J connectivity index is 0.00000300. The molecule has 0 amide bonds. The predicted molar refractivity (Wildman–Crippen MR) is 122 cm³/mol. The molecule has 0 spiro atoms. The van der Waals surface area contributed by atoms with Crippen LogP contribution in [0.25, 0.3) is 0 Å². The second kappa shape index (κ2) is 10.5. The second-order valence-corrected chi connectivity index (χ2v) is 6.52. The van der Waals surface area contributed by atoms with Gasteiger partial charge in [0.1, 0.15) is 0 Å². The van der Waals surface area contributed by atoms with Crippen LogP contribution in [0.5, 0.6) is 0 Å². The van der Waals surface area contributed by atoms with E-state index in [2.05, 4.69) is 56.9 Å². The summed E-state index contributed by atoms with van der Waals surface area (Å²) in [6.45, 7) is 2.69. The average Bonchev–Trinajstić information content (AvgIpc) is 3.23. The molecule has 0 unspecified atom stereocenters. The maximum atomic E-state index is 12.8. The van der Waals surface area contributed by atoms with Gasteiger partial charge in [-0.05, 0) is 35.4 Å². The van der Waals surface area contributed by atoms with Gasteiger partial charge >= 0.3 is 6.18 Å². The van der Waals surface area contributed by atoms with Crippen molar-refractivity contribution in [2.45, 2.75) is 19.3 Å². The first-order valence-corrected chi connectivity index (χ1v) is 9.05. The van der Waals surface area contributed by atoms with Gasteiger partial charge in [-0.2, -0.15) is 13.2 Å². The highest BCUT2D eigenvalue weighted by Gasteiger charge is 2.30. The Hall–Kier alpha value is -2.23. The topological polar surface area (TPSA) is 39.7 Å². The fourth-order valence-electron chi connectivity index (χ4n) is 2.96. The summed E-state index contributed by atoms with van der Waals surface area (Å²) in [7, 11) is 1.63. The van der Waals surface area contributed by atoms with Gasteiger partial charge in [-0.15, -0.1) is 24.0 Å². The van der Waals surface area contributed by atoms with Crippen LogP contribution in [0.4, 0.5) is 18.9 Å². The number of halogens is 4. The molecule has 2 N–H and O–H groups in total. The van der Waals surface area contributed by atoms with Crippen LogP contribution in [-0.2, 0) is 19.3 Å². The minimum absolute atomic E-state index is 0. The normalized spacial score (nSPS) is 13.9. The van der Waals surface area contributed by atoms with Crippen LogP contribution >= 0.6 is 24.0 Å².